The molecule has 4 nitrogen and oxygen atoms in total. The third-order valence-electron chi connectivity index (χ3n) is 2.96. The fourth-order valence-corrected chi connectivity index (χ4v) is 3.74. The van der Waals surface area contributed by atoms with Crippen LogP contribution in [0, 0.1) is 5.92 Å². The quantitative estimate of drug-likeness (QED) is 0.773. The number of hydrogen-bond donors (Lipinski definition) is 1. The normalized spacial score (nSPS) is 21.9. The molecule has 1 rings (SSSR count). The molecule has 1 aliphatic rings. The molecular weight excluding hydrogens is 214 g/mol. The van der Waals surface area contributed by atoms with E-state index in [0.717, 1.165) is 0 Å². The number of nitrogens with two attached hydrogens (primary N) is 1. The van der Waals surface area contributed by atoms with E-state index < -0.39 is 9.84 Å². The van der Waals surface area contributed by atoms with Crippen LogP contribution in [-0.2, 0) is 14.6 Å². The van der Waals surface area contributed by atoms with Crippen molar-refractivity contribution in [2.75, 3.05) is 19.0 Å². The number of sulfone groups is 1. The summed E-state index contributed by atoms with van der Waals surface area (Å²) < 4.78 is 29.1. The molecule has 1 aliphatic heterocycles. The van der Waals surface area contributed by atoms with Crippen LogP contribution < -0.4 is 5.73 Å². The Morgan fingerprint density at radius 3 is 2.33 bits per heavy atom. The smallest absolute Gasteiger partial charge is 0.154 e. The van der Waals surface area contributed by atoms with Crippen molar-refractivity contribution in [1.82, 2.24) is 0 Å². The first-order chi connectivity index (χ1) is 6.93. The fraction of sp³-hybridized carbons (Fsp3) is 1.00. The highest BCUT2D eigenvalue weighted by atomic mass is 32.2. The van der Waals surface area contributed by atoms with E-state index in [2.05, 4.69) is 0 Å². The van der Waals surface area contributed by atoms with Crippen LogP contribution in [0.3, 0.4) is 0 Å². The minimum atomic E-state index is -3.03. The van der Waals surface area contributed by atoms with E-state index in [1.165, 1.54) is 0 Å². The second-order valence-corrected chi connectivity index (χ2v) is 6.87. The van der Waals surface area contributed by atoms with E-state index in [1.807, 2.05) is 13.8 Å². The monoisotopic (exact) mass is 235 g/mol. The molecule has 0 radical (unpaired) electrons. The summed E-state index contributed by atoms with van der Waals surface area (Å²) in [7, 11) is -3.03. The van der Waals surface area contributed by atoms with Crippen LogP contribution in [0.25, 0.3) is 0 Å². The first-order valence-electron chi connectivity index (χ1n) is 5.48. The van der Waals surface area contributed by atoms with Crippen molar-refractivity contribution in [1.29, 1.82) is 0 Å². The first kappa shape index (κ1) is 12.9. The lowest BCUT2D eigenvalue weighted by molar-refractivity contribution is 0.0983. The van der Waals surface area contributed by atoms with Crippen LogP contribution >= 0.6 is 0 Å². The molecule has 90 valence electrons. The molecule has 2 N–H and O–H groups in total. The average Bonchev–Trinajstić information content (AvgIpc) is 2.18. The van der Waals surface area contributed by atoms with Gasteiger partial charge in [-0.15, -0.1) is 0 Å². The molecule has 15 heavy (non-hydrogen) atoms. The maximum Gasteiger partial charge on any atom is 0.154 e. The standard InChI is InChI=1S/C10H21NO3S/c1-8(2)10(11)7-15(12,13)9-3-5-14-6-4-9/h8-10H,3-7,11H2,1-2H3. The van der Waals surface area contributed by atoms with Crippen molar-refractivity contribution in [2.24, 2.45) is 11.7 Å². The minimum absolute atomic E-state index is 0.106. The Balaban J connectivity index is 2.57. The average molecular weight is 235 g/mol. The fourth-order valence-electron chi connectivity index (χ4n) is 1.63. The van der Waals surface area contributed by atoms with Gasteiger partial charge < -0.3 is 10.5 Å². The summed E-state index contributed by atoms with van der Waals surface area (Å²) in [4.78, 5) is 0. The molecule has 0 amide bonds. The largest absolute Gasteiger partial charge is 0.381 e. The Morgan fingerprint density at radius 2 is 1.87 bits per heavy atom. The summed E-state index contributed by atoms with van der Waals surface area (Å²) >= 11 is 0. The summed E-state index contributed by atoms with van der Waals surface area (Å²) in [6.45, 7) is 5.01. The minimum Gasteiger partial charge on any atom is -0.381 e. The van der Waals surface area contributed by atoms with Gasteiger partial charge in [0.2, 0.25) is 0 Å². The highest BCUT2D eigenvalue weighted by molar-refractivity contribution is 7.92. The second kappa shape index (κ2) is 5.27. The lowest BCUT2D eigenvalue weighted by Gasteiger charge is -2.24. The lowest BCUT2D eigenvalue weighted by Crippen LogP contribution is -2.40. The molecule has 5 heteroatoms. The maximum atomic E-state index is 12.0. The molecule has 0 aliphatic carbocycles. The Bertz CT molecular complexity index is 281. The van der Waals surface area contributed by atoms with Crippen molar-refractivity contribution in [3.05, 3.63) is 0 Å². The molecular formula is C10H21NO3S. The predicted molar refractivity (Wildman–Crippen MR) is 60.4 cm³/mol. The van der Waals surface area contributed by atoms with Gasteiger partial charge in [-0.25, -0.2) is 8.42 Å². The van der Waals surface area contributed by atoms with Gasteiger partial charge >= 0.3 is 0 Å². The summed E-state index contributed by atoms with van der Waals surface area (Å²) in [5, 5.41) is -0.240. The molecule has 1 atom stereocenters. The van der Waals surface area contributed by atoms with Crippen molar-refractivity contribution in [3.63, 3.8) is 0 Å². The van der Waals surface area contributed by atoms with E-state index >= 15 is 0 Å². The van der Waals surface area contributed by atoms with Gasteiger partial charge in [-0.3, -0.25) is 0 Å². The van der Waals surface area contributed by atoms with Gasteiger partial charge in [0.1, 0.15) is 0 Å². The molecule has 0 aromatic heterocycles. The molecule has 1 fully saturated rings. The van der Waals surface area contributed by atoms with Gasteiger partial charge in [-0.2, -0.15) is 0 Å². The highest BCUT2D eigenvalue weighted by Crippen LogP contribution is 2.18. The Hall–Kier alpha value is -0.130. The van der Waals surface area contributed by atoms with Crippen molar-refractivity contribution >= 4 is 9.84 Å². The molecule has 0 aromatic carbocycles. The second-order valence-electron chi connectivity index (χ2n) is 4.55. The van der Waals surface area contributed by atoms with E-state index in [9.17, 15) is 8.42 Å². The Morgan fingerprint density at radius 1 is 1.33 bits per heavy atom. The third kappa shape index (κ3) is 3.74. The lowest BCUT2D eigenvalue weighted by atomic mass is 10.1. The van der Waals surface area contributed by atoms with Crippen molar-refractivity contribution < 1.29 is 13.2 Å². The molecule has 0 bridgehead atoms. The Labute approximate surface area is 92.1 Å². The van der Waals surface area contributed by atoms with Gasteiger partial charge in [0.25, 0.3) is 0 Å². The summed E-state index contributed by atoms with van der Waals surface area (Å²) in [6.07, 6.45) is 1.24. The van der Waals surface area contributed by atoms with E-state index in [1.54, 1.807) is 0 Å². The number of rotatable bonds is 4. The summed E-state index contributed by atoms with van der Waals surface area (Å²) in [6, 6.07) is -0.252. The molecule has 1 heterocycles. The predicted octanol–water partition coefficient (Wildman–Crippen LogP) is 0.563. The van der Waals surface area contributed by atoms with Gasteiger partial charge in [0.05, 0.1) is 11.0 Å². The van der Waals surface area contributed by atoms with Gasteiger partial charge in [-0.1, -0.05) is 13.8 Å². The van der Waals surface area contributed by atoms with Crippen LogP contribution in [0.15, 0.2) is 0 Å². The first-order valence-corrected chi connectivity index (χ1v) is 7.20. The zero-order valence-corrected chi connectivity index (χ0v) is 10.3. The van der Waals surface area contributed by atoms with Crippen LogP contribution in [0.5, 0.6) is 0 Å². The van der Waals surface area contributed by atoms with E-state index in [-0.39, 0.29) is 23.0 Å². The van der Waals surface area contributed by atoms with Crippen LogP contribution in [0.4, 0.5) is 0 Å². The zero-order chi connectivity index (χ0) is 11.5. The van der Waals surface area contributed by atoms with Crippen LogP contribution in [0.2, 0.25) is 0 Å². The SMILES string of the molecule is CC(C)C(N)CS(=O)(=O)C1CCOCC1. The topological polar surface area (TPSA) is 69.4 Å². The van der Waals surface area contributed by atoms with E-state index in [0.29, 0.717) is 26.1 Å². The number of hydrogen-bond acceptors (Lipinski definition) is 4. The summed E-state index contributed by atoms with van der Waals surface area (Å²) in [5.74, 6) is 0.314. The molecule has 0 spiro atoms. The highest BCUT2D eigenvalue weighted by Gasteiger charge is 2.29. The number of ether oxygens (including phenoxy) is 1. The van der Waals surface area contributed by atoms with Gasteiger partial charge in [0.15, 0.2) is 9.84 Å². The maximum absolute atomic E-state index is 12.0. The molecule has 1 unspecified atom stereocenters. The zero-order valence-electron chi connectivity index (χ0n) is 9.48. The summed E-state index contributed by atoms with van der Waals surface area (Å²) in [5.41, 5.74) is 5.80. The van der Waals surface area contributed by atoms with Crippen LogP contribution in [-0.4, -0.2) is 38.7 Å². The third-order valence-corrected chi connectivity index (χ3v) is 5.29. The van der Waals surface area contributed by atoms with Crippen molar-refractivity contribution in [2.45, 2.75) is 38.0 Å². The van der Waals surface area contributed by atoms with Gasteiger partial charge in [0, 0.05) is 19.3 Å². The molecule has 0 aromatic rings. The van der Waals surface area contributed by atoms with E-state index in [4.69, 9.17) is 10.5 Å². The van der Waals surface area contributed by atoms with Crippen molar-refractivity contribution in [3.8, 4) is 0 Å². The Kier molecular flexibility index (Phi) is 4.55. The molecule has 0 saturated carbocycles. The molecule has 1 saturated heterocycles. The van der Waals surface area contributed by atoms with Gasteiger partial charge in [-0.05, 0) is 18.8 Å². The van der Waals surface area contributed by atoms with Crippen LogP contribution in [0.1, 0.15) is 26.7 Å².